The van der Waals surface area contributed by atoms with Crippen LogP contribution in [0.1, 0.15) is 24.3 Å². The summed E-state index contributed by atoms with van der Waals surface area (Å²) >= 11 is 7.68. The molecule has 0 aromatic carbocycles. The van der Waals surface area contributed by atoms with Gasteiger partial charge in [-0.25, -0.2) is 9.97 Å². The van der Waals surface area contributed by atoms with Crippen molar-refractivity contribution >= 4 is 29.2 Å². The number of halogens is 1. The number of hydrogen-bond donors (Lipinski definition) is 1. The van der Waals surface area contributed by atoms with E-state index < -0.39 is 0 Å². The number of aromatic nitrogens is 3. The van der Waals surface area contributed by atoms with Crippen LogP contribution < -0.4 is 5.32 Å². The highest BCUT2D eigenvalue weighted by Crippen LogP contribution is 2.36. The van der Waals surface area contributed by atoms with Gasteiger partial charge in [0.05, 0.1) is 23.3 Å². The van der Waals surface area contributed by atoms with Crippen LogP contribution in [0.2, 0.25) is 5.28 Å². The lowest BCUT2D eigenvalue weighted by Gasteiger charge is -2.08. The van der Waals surface area contributed by atoms with Crippen LogP contribution in [0.4, 0.5) is 5.82 Å². The molecule has 0 amide bonds. The van der Waals surface area contributed by atoms with Crippen LogP contribution in [0.5, 0.6) is 0 Å². The van der Waals surface area contributed by atoms with Crippen molar-refractivity contribution in [2.75, 3.05) is 11.1 Å². The lowest BCUT2D eigenvalue weighted by atomic mass is 10.3. The molecular formula is C12H13ClN4OS. The third kappa shape index (κ3) is 2.69. The minimum absolute atomic E-state index is 0.283. The SMILES string of the molecule is CCc1cnc(CNc2nc(Cl)nc3c2SCC3)o1. The molecule has 5 nitrogen and oxygen atoms in total. The average molecular weight is 297 g/mol. The van der Waals surface area contributed by atoms with E-state index in [2.05, 4.69) is 20.3 Å². The van der Waals surface area contributed by atoms with Crippen LogP contribution in [-0.2, 0) is 19.4 Å². The molecule has 19 heavy (non-hydrogen) atoms. The van der Waals surface area contributed by atoms with Crippen LogP contribution in [0.3, 0.4) is 0 Å². The summed E-state index contributed by atoms with van der Waals surface area (Å²) in [5, 5.41) is 3.51. The number of hydrogen-bond acceptors (Lipinski definition) is 6. The van der Waals surface area contributed by atoms with Gasteiger partial charge >= 0.3 is 0 Å². The van der Waals surface area contributed by atoms with Crippen LogP contribution >= 0.6 is 23.4 Å². The molecular weight excluding hydrogens is 284 g/mol. The third-order valence-corrected chi connectivity index (χ3v) is 4.15. The Balaban J connectivity index is 1.76. The molecule has 0 fully saturated rings. The van der Waals surface area contributed by atoms with Gasteiger partial charge in [-0.05, 0) is 11.6 Å². The highest BCUT2D eigenvalue weighted by Gasteiger charge is 2.19. The number of thioether (sulfide) groups is 1. The van der Waals surface area contributed by atoms with Gasteiger partial charge in [0, 0.05) is 18.6 Å². The van der Waals surface area contributed by atoms with Crippen molar-refractivity contribution in [1.82, 2.24) is 15.0 Å². The Morgan fingerprint density at radius 3 is 3.16 bits per heavy atom. The Morgan fingerprint density at radius 2 is 2.37 bits per heavy atom. The molecule has 0 atom stereocenters. The lowest BCUT2D eigenvalue weighted by Crippen LogP contribution is -2.05. The molecule has 1 aliphatic heterocycles. The van der Waals surface area contributed by atoms with Gasteiger partial charge in [-0.15, -0.1) is 11.8 Å². The van der Waals surface area contributed by atoms with Gasteiger partial charge in [0.2, 0.25) is 11.2 Å². The van der Waals surface area contributed by atoms with Crippen molar-refractivity contribution in [1.29, 1.82) is 0 Å². The summed E-state index contributed by atoms with van der Waals surface area (Å²) in [4.78, 5) is 13.8. The second kappa shape index (κ2) is 5.38. The molecule has 1 N–H and O–H groups in total. The maximum Gasteiger partial charge on any atom is 0.224 e. The Morgan fingerprint density at radius 1 is 1.47 bits per heavy atom. The molecule has 2 aromatic rings. The number of aryl methyl sites for hydroxylation is 2. The first-order chi connectivity index (χ1) is 9.26. The monoisotopic (exact) mass is 296 g/mol. The number of nitrogens with one attached hydrogen (secondary N) is 1. The Hall–Kier alpha value is -1.27. The van der Waals surface area contributed by atoms with E-state index in [4.69, 9.17) is 16.0 Å². The minimum Gasteiger partial charge on any atom is -0.444 e. The summed E-state index contributed by atoms with van der Waals surface area (Å²) in [7, 11) is 0. The lowest BCUT2D eigenvalue weighted by molar-refractivity contribution is 0.465. The quantitative estimate of drug-likeness (QED) is 0.875. The molecule has 1 aliphatic rings. The molecule has 2 aromatic heterocycles. The molecule has 3 rings (SSSR count). The molecule has 0 spiro atoms. The van der Waals surface area contributed by atoms with E-state index in [1.54, 1.807) is 18.0 Å². The maximum absolute atomic E-state index is 5.93. The van der Waals surface area contributed by atoms with E-state index in [0.717, 1.165) is 40.8 Å². The molecule has 0 radical (unpaired) electrons. The Kier molecular flexibility index (Phi) is 3.61. The van der Waals surface area contributed by atoms with Crippen molar-refractivity contribution < 1.29 is 4.42 Å². The summed E-state index contributed by atoms with van der Waals surface area (Å²) in [6, 6.07) is 0. The topological polar surface area (TPSA) is 63.8 Å². The van der Waals surface area contributed by atoms with E-state index in [1.165, 1.54) is 0 Å². The van der Waals surface area contributed by atoms with Crippen LogP contribution in [0.25, 0.3) is 0 Å². The highest BCUT2D eigenvalue weighted by atomic mass is 35.5. The zero-order valence-electron chi connectivity index (χ0n) is 10.4. The fourth-order valence-electron chi connectivity index (χ4n) is 1.91. The van der Waals surface area contributed by atoms with Crippen LogP contribution in [-0.4, -0.2) is 20.7 Å². The summed E-state index contributed by atoms with van der Waals surface area (Å²) < 4.78 is 5.55. The van der Waals surface area contributed by atoms with Crippen molar-refractivity contribution in [3.8, 4) is 0 Å². The van der Waals surface area contributed by atoms with Crippen LogP contribution in [0, 0.1) is 0 Å². The summed E-state index contributed by atoms with van der Waals surface area (Å²) in [6.07, 6.45) is 3.54. The molecule has 7 heteroatoms. The number of oxazole rings is 1. The fraction of sp³-hybridized carbons (Fsp3) is 0.417. The Bertz CT molecular complexity index is 601. The second-order valence-electron chi connectivity index (χ2n) is 4.14. The number of rotatable bonds is 4. The number of nitrogens with zero attached hydrogens (tertiary/aromatic N) is 3. The van der Waals surface area contributed by atoms with E-state index >= 15 is 0 Å². The van der Waals surface area contributed by atoms with E-state index in [9.17, 15) is 0 Å². The van der Waals surface area contributed by atoms with Crippen LogP contribution in [0.15, 0.2) is 15.5 Å². The first-order valence-corrected chi connectivity index (χ1v) is 7.49. The molecule has 3 heterocycles. The van der Waals surface area contributed by atoms with Gasteiger partial charge in [-0.3, -0.25) is 0 Å². The smallest absolute Gasteiger partial charge is 0.224 e. The zero-order chi connectivity index (χ0) is 13.2. The van der Waals surface area contributed by atoms with E-state index in [-0.39, 0.29) is 5.28 Å². The zero-order valence-corrected chi connectivity index (χ0v) is 12.0. The molecule has 100 valence electrons. The first-order valence-electron chi connectivity index (χ1n) is 6.13. The van der Waals surface area contributed by atoms with Crippen molar-refractivity contribution in [2.24, 2.45) is 0 Å². The summed E-state index contributed by atoms with van der Waals surface area (Å²) in [6.45, 7) is 2.53. The highest BCUT2D eigenvalue weighted by molar-refractivity contribution is 7.99. The van der Waals surface area contributed by atoms with Crippen molar-refractivity contribution in [3.05, 3.63) is 28.8 Å². The number of anilines is 1. The Labute approximate surface area is 120 Å². The second-order valence-corrected chi connectivity index (χ2v) is 5.59. The maximum atomic E-state index is 5.93. The largest absolute Gasteiger partial charge is 0.444 e. The summed E-state index contributed by atoms with van der Waals surface area (Å²) in [5.41, 5.74) is 1.02. The average Bonchev–Trinajstić information content (AvgIpc) is 3.03. The van der Waals surface area contributed by atoms with E-state index in [1.807, 2.05) is 6.92 Å². The van der Waals surface area contributed by atoms with Crippen molar-refractivity contribution in [3.63, 3.8) is 0 Å². The van der Waals surface area contributed by atoms with Gasteiger partial charge in [0.15, 0.2) is 0 Å². The first kappa shape index (κ1) is 12.7. The minimum atomic E-state index is 0.283. The molecule has 0 saturated heterocycles. The van der Waals surface area contributed by atoms with Gasteiger partial charge < -0.3 is 9.73 Å². The van der Waals surface area contributed by atoms with Gasteiger partial charge in [-0.2, -0.15) is 4.98 Å². The predicted molar refractivity (Wildman–Crippen MR) is 74.7 cm³/mol. The normalized spacial score (nSPS) is 13.6. The fourth-order valence-corrected chi connectivity index (χ4v) is 3.16. The predicted octanol–water partition coefficient (Wildman–Crippen LogP) is 2.94. The van der Waals surface area contributed by atoms with Gasteiger partial charge in [0.25, 0.3) is 0 Å². The third-order valence-electron chi connectivity index (χ3n) is 2.85. The molecule has 0 unspecified atom stereocenters. The number of fused-ring (bicyclic) bond motifs is 1. The van der Waals surface area contributed by atoms with Crippen molar-refractivity contribution in [2.45, 2.75) is 31.2 Å². The molecule has 0 bridgehead atoms. The van der Waals surface area contributed by atoms with Gasteiger partial charge in [-0.1, -0.05) is 6.92 Å². The molecule has 0 aliphatic carbocycles. The molecule has 0 saturated carbocycles. The van der Waals surface area contributed by atoms with E-state index in [0.29, 0.717) is 12.4 Å². The summed E-state index contributed by atoms with van der Waals surface area (Å²) in [5.74, 6) is 3.34. The van der Waals surface area contributed by atoms with Gasteiger partial charge in [0.1, 0.15) is 11.6 Å². The standard InChI is InChI=1S/C12H13ClN4OS/c1-2-7-5-14-9(18-7)6-15-11-10-8(3-4-19-10)16-12(13)17-11/h5H,2-4,6H2,1H3,(H,15,16,17).